The fourth-order valence-electron chi connectivity index (χ4n) is 1.41. The summed E-state index contributed by atoms with van der Waals surface area (Å²) in [4.78, 5) is 12.4. The normalized spacial score (nSPS) is 37.6. The van der Waals surface area contributed by atoms with Gasteiger partial charge >= 0.3 is 6.03 Å². The van der Waals surface area contributed by atoms with Gasteiger partial charge in [0.25, 0.3) is 0 Å². The van der Waals surface area contributed by atoms with Crippen molar-refractivity contribution >= 4 is 6.03 Å². The molecule has 1 saturated heterocycles. The summed E-state index contributed by atoms with van der Waals surface area (Å²) in [6.45, 7) is 3.65. The highest BCUT2D eigenvalue weighted by Gasteiger charge is 2.45. The average Bonchev–Trinajstić information content (AvgIpc) is 2.16. The molecule has 0 spiro atoms. The van der Waals surface area contributed by atoms with Gasteiger partial charge in [-0.25, -0.2) is 4.79 Å². The number of hydrogen-bond acceptors (Lipinski definition) is 2. The highest BCUT2D eigenvalue weighted by Crippen LogP contribution is 2.24. The second kappa shape index (κ2) is 2.37. The zero-order valence-corrected chi connectivity index (χ0v) is 7.09. The highest BCUT2D eigenvalue weighted by atomic mass is 16.3. The lowest BCUT2D eigenvalue weighted by Gasteiger charge is -2.30. The Kier molecular flexibility index (Phi) is 1.80. The van der Waals surface area contributed by atoms with Crippen molar-refractivity contribution in [2.45, 2.75) is 32.0 Å². The first-order valence-corrected chi connectivity index (χ1v) is 3.79. The van der Waals surface area contributed by atoms with Gasteiger partial charge < -0.3 is 10.4 Å². The number of nitrogens with zero attached hydrogens (tertiary/aromatic N) is 1. The third-order valence-electron chi connectivity index (χ3n) is 2.44. The lowest BCUT2D eigenvalue weighted by Crippen LogP contribution is -2.48. The van der Waals surface area contributed by atoms with Crippen LogP contribution in [0.3, 0.4) is 0 Å². The van der Waals surface area contributed by atoms with Crippen LogP contribution in [0.5, 0.6) is 0 Å². The molecule has 2 atom stereocenters. The summed E-state index contributed by atoms with van der Waals surface area (Å²) in [7, 11) is 1.60. The minimum absolute atomic E-state index is 0.190. The minimum Gasteiger partial charge on any atom is -0.369 e. The molecule has 1 aliphatic rings. The van der Waals surface area contributed by atoms with Gasteiger partial charge in [0.05, 0.1) is 6.04 Å². The van der Waals surface area contributed by atoms with Gasteiger partial charge in [-0.2, -0.15) is 0 Å². The maximum Gasteiger partial charge on any atom is 0.319 e. The van der Waals surface area contributed by atoms with E-state index in [0.29, 0.717) is 6.42 Å². The molecule has 0 bridgehead atoms. The molecular formula is C7H14N2O2. The summed E-state index contributed by atoms with van der Waals surface area (Å²) < 4.78 is 0. The van der Waals surface area contributed by atoms with Crippen LogP contribution >= 0.6 is 0 Å². The van der Waals surface area contributed by atoms with E-state index in [1.165, 1.54) is 4.90 Å². The van der Waals surface area contributed by atoms with Gasteiger partial charge in [0, 0.05) is 7.05 Å². The van der Waals surface area contributed by atoms with Crippen molar-refractivity contribution in [3.05, 3.63) is 0 Å². The Balaban J connectivity index is 2.87. The molecule has 4 heteroatoms. The Morgan fingerprint density at radius 1 is 1.82 bits per heavy atom. The lowest BCUT2D eigenvalue weighted by molar-refractivity contribution is -0.0656. The van der Waals surface area contributed by atoms with E-state index in [1.54, 1.807) is 14.0 Å². The predicted molar refractivity (Wildman–Crippen MR) is 41.0 cm³/mol. The van der Waals surface area contributed by atoms with Crippen LogP contribution in [-0.2, 0) is 0 Å². The van der Waals surface area contributed by atoms with Crippen LogP contribution in [0, 0.1) is 0 Å². The highest BCUT2D eigenvalue weighted by molar-refractivity contribution is 5.77. The first-order chi connectivity index (χ1) is 5.02. The first kappa shape index (κ1) is 8.33. The molecule has 0 radical (unpaired) electrons. The number of likely N-dealkylation sites (N-methyl/N-ethyl adjacent to an activating group) is 1. The fourth-order valence-corrected chi connectivity index (χ4v) is 1.41. The van der Waals surface area contributed by atoms with Gasteiger partial charge in [-0.1, -0.05) is 6.92 Å². The molecule has 2 amide bonds. The summed E-state index contributed by atoms with van der Waals surface area (Å²) in [5.41, 5.74) is -1.00. The van der Waals surface area contributed by atoms with Crippen molar-refractivity contribution in [3.8, 4) is 0 Å². The van der Waals surface area contributed by atoms with Gasteiger partial charge in [0.2, 0.25) is 0 Å². The van der Waals surface area contributed by atoms with Gasteiger partial charge in [-0.05, 0) is 13.3 Å². The second-order valence-electron chi connectivity index (χ2n) is 2.96. The number of aliphatic hydroxyl groups is 1. The van der Waals surface area contributed by atoms with Crippen LogP contribution in [-0.4, -0.2) is 34.9 Å². The number of amides is 2. The van der Waals surface area contributed by atoms with E-state index in [9.17, 15) is 9.90 Å². The Morgan fingerprint density at radius 3 is 2.55 bits per heavy atom. The number of carbonyl (C=O) groups is 1. The lowest BCUT2D eigenvalue weighted by atomic mass is 10.0. The molecule has 0 aliphatic carbocycles. The van der Waals surface area contributed by atoms with Crippen molar-refractivity contribution in [2.24, 2.45) is 0 Å². The summed E-state index contributed by atoms with van der Waals surface area (Å²) in [5, 5.41) is 12.5. The van der Waals surface area contributed by atoms with Gasteiger partial charge in [-0.3, -0.25) is 4.90 Å². The summed E-state index contributed by atoms with van der Waals surface area (Å²) in [6.07, 6.45) is 0.545. The third kappa shape index (κ3) is 0.976. The largest absolute Gasteiger partial charge is 0.369 e. The number of carbonyl (C=O) groups excluding carboxylic acids is 1. The summed E-state index contributed by atoms with van der Waals surface area (Å²) in [5.74, 6) is 0. The van der Waals surface area contributed by atoms with E-state index in [1.807, 2.05) is 6.92 Å². The molecular weight excluding hydrogens is 144 g/mol. The van der Waals surface area contributed by atoms with Crippen molar-refractivity contribution in [1.82, 2.24) is 10.2 Å². The number of nitrogens with one attached hydrogen (secondary N) is 1. The van der Waals surface area contributed by atoms with Crippen LogP contribution in [0.1, 0.15) is 20.3 Å². The molecule has 1 fully saturated rings. The predicted octanol–water partition coefficient (Wildman–Crippen LogP) is 0.128. The Morgan fingerprint density at radius 2 is 2.36 bits per heavy atom. The van der Waals surface area contributed by atoms with Crippen molar-refractivity contribution in [3.63, 3.8) is 0 Å². The molecule has 64 valence electrons. The molecule has 0 aromatic rings. The molecule has 2 N–H and O–H groups in total. The van der Waals surface area contributed by atoms with Crippen molar-refractivity contribution in [1.29, 1.82) is 0 Å². The maximum absolute atomic E-state index is 11.0. The zero-order valence-electron chi connectivity index (χ0n) is 7.09. The molecule has 4 nitrogen and oxygen atoms in total. The molecule has 0 saturated carbocycles. The molecule has 0 aromatic heterocycles. The molecule has 0 unspecified atom stereocenters. The Hall–Kier alpha value is -0.770. The molecule has 1 heterocycles. The molecule has 1 aliphatic heterocycles. The quantitative estimate of drug-likeness (QED) is 0.570. The van der Waals surface area contributed by atoms with E-state index in [4.69, 9.17) is 0 Å². The second-order valence-corrected chi connectivity index (χ2v) is 2.96. The van der Waals surface area contributed by atoms with E-state index in [0.717, 1.165) is 0 Å². The monoisotopic (exact) mass is 158 g/mol. The Bertz CT molecular complexity index is 183. The topological polar surface area (TPSA) is 52.6 Å². The van der Waals surface area contributed by atoms with E-state index in [-0.39, 0.29) is 12.1 Å². The van der Waals surface area contributed by atoms with Crippen LogP contribution in [0.15, 0.2) is 0 Å². The number of rotatable bonds is 1. The van der Waals surface area contributed by atoms with Crippen molar-refractivity contribution < 1.29 is 9.90 Å². The smallest absolute Gasteiger partial charge is 0.319 e. The van der Waals surface area contributed by atoms with Gasteiger partial charge in [0.15, 0.2) is 5.72 Å². The van der Waals surface area contributed by atoms with Gasteiger partial charge in [-0.15, -0.1) is 0 Å². The van der Waals surface area contributed by atoms with E-state index in [2.05, 4.69) is 5.32 Å². The minimum atomic E-state index is -1.00. The van der Waals surface area contributed by atoms with Crippen LogP contribution in [0.25, 0.3) is 0 Å². The maximum atomic E-state index is 11.0. The van der Waals surface area contributed by atoms with Crippen LogP contribution in [0.2, 0.25) is 0 Å². The molecule has 0 aromatic carbocycles. The number of urea groups is 1. The molecule has 1 rings (SSSR count). The zero-order chi connectivity index (χ0) is 8.65. The van der Waals surface area contributed by atoms with Gasteiger partial charge in [0.1, 0.15) is 0 Å². The molecule has 11 heavy (non-hydrogen) atoms. The van der Waals surface area contributed by atoms with E-state index >= 15 is 0 Å². The fraction of sp³-hybridized carbons (Fsp3) is 0.857. The van der Waals surface area contributed by atoms with Crippen LogP contribution in [0.4, 0.5) is 4.79 Å². The first-order valence-electron chi connectivity index (χ1n) is 3.79. The van der Waals surface area contributed by atoms with E-state index < -0.39 is 5.72 Å². The Labute approximate surface area is 66.2 Å². The SMILES string of the molecule is CC[C@]1(O)[C@H](C)NC(=O)N1C. The standard InChI is InChI=1S/C7H14N2O2/c1-4-7(11)5(2)8-6(10)9(7)3/h5,11H,4H2,1-3H3,(H,8,10)/t5-,7-/m0/s1. The third-order valence-corrected chi connectivity index (χ3v) is 2.44. The van der Waals surface area contributed by atoms with Crippen molar-refractivity contribution in [2.75, 3.05) is 7.05 Å². The number of hydrogen-bond donors (Lipinski definition) is 2. The van der Waals surface area contributed by atoms with Crippen LogP contribution < -0.4 is 5.32 Å². The summed E-state index contributed by atoms with van der Waals surface area (Å²) >= 11 is 0. The average molecular weight is 158 g/mol. The summed E-state index contributed by atoms with van der Waals surface area (Å²) in [6, 6.07) is -0.396.